The average molecular weight is 210 g/mol. The van der Waals surface area contributed by atoms with Crippen LogP contribution in [-0.4, -0.2) is 36.6 Å². The van der Waals surface area contributed by atoms with Gasteiger partial charge in [-0.25, -0.2) is 0 Å². The Balaban J connectivity index is 2.02. The zero-order valence-electron chi connectivity index (χ0n) is 10.5. The fraction of sp³-hybridized carbons (Fsp3) is 1.00. The van der Waals surface area contributed by atoms with Crippen molar-refractivity contribution in [3.8, 4) is 0 Å². The van der Waals surface area contributed by atoms with Gasteiger partial charge in [0.2, 0.25) is 0 Å². The second kappa shape index (κ2) is 4.84. The first-order valence-electron chi connectivity index (χ1n) is 6.70. The summed E-state index contributed by atoms with van der Waals surface area (Å²) in [6.45, 7) is 10.9. The molecule has 2 rings (SSSR count). The Labute approximate surface area is 94.4 Å². The Kier molecular flexibility index (Phi) is 3.68. The molecule has 0 radical (unpaired) electrons. The van der Waals surface area contributed by atoms with E-state index < -0.39 is 0 Å². The summed E-state index contributed by atoms with van der Waals surface area (Å²) in [4.78, 5) is 2.77. The van der Waals surface area contributed by atoms with Gasteiger partial charge in [-0.1, -0.05) is 27.2 Å². The van der Waals surface area contributed by atoms with E-state index in [2.05, 4.69) is 31.0 Å². The van der Waals surface area contributed by atoms with Crippen LogP contribution in [0.4, 0.5) is 0 Å². The Morgan fingerprint density at radius 2 is 1.73 bits per heavy atom. The van der Waals surface area contributed by atoms with Crippen molar-refractivity contribution in [3.63, 3.8) is 0 Å². The highest BCUT2D eigenvalue weighted by Crippen LogP contribution is 2.33. The second-order valence-corrected chi connectivity index (χ2v) is 5.52. The largest absolute Gasteiger partial charge is 0.314 e. The third-order valence-corrected chi connectivity index (χ3v) is 4.46. The molecular formula is C13H26N2. The molecule has 1 heterocycles. The summed E-state index contributed by atoms with van der Waals surface area (Å²) >= 11 is 0. The fourth-order valence-corrected chi connectivity index (χ4v) is 3.54. The van der Waals surface area contributed by atoms with Gasteiger partial charge in [0.15, 0.2) is 0 Å². The SMILES string of the molecule is CCN(C1CNC1)C1C(C)CCCC1C. The first-order chi connectivity index (χ1) is 7.24. The van der Waals surface area contributed by atoms with E-state index in [1.165, 1.54) is 38.9 Å². The molecule has 0 spiro atoms. The van der Waals surface area contributed by atoms with Crippen LogP contribution in [0.5, 0.6) is 0 Å². The van der Waals surface area contributed by atoms with Gasteiger partial charge in [0.1, 0.15) is 0 Å². The summed E-state index contributed by atoms with van der Waals surface area (Å²) < 4.78 is 0. The minimum Gasteiger partial charge on any atom is -0.314 e. The fourth-order valence-electron chi connectivity index (χ4n) is 3.54. The molecule has 2 heteroatoms. The molecule has 0 aromatic rings. The van der Waals surface area contributed by atoms with E-state index in [9.17, 15) is 0 Å². The molecule has 2 fully saturated rings. The molecule has 15 heavy (non-hydrogen) atoms. The van der Waals surface area contributed by atoms with Crippen molar-refractivity contribution in [3.05, 3.63) is 0 Å². The predicted molar refractivity (Wildman–Crippen MR) is 65.0 cm³/mol. The van der Waals surface area contributed by atoms with Crippen molar-refractivity contribution >= 4 is 0 Å². The zero-order chi connectivity index (χ0) is 10.8. The molecule has 2 nitrogen and oxygen atoms in total. The van der Waals surface area contributed by atoms with Gasteiger partial charge < -0.3 is 5.32 Å². The molecule has 1 N–H and O–H groups in total. The lowest BCUT2D eigenvalue weighted by Crippen LogP contribution is -2.62. The normalized spacial score (nSPS) is 38.0. The van der Waals surface area contributed by atoms with Crippen LogP contribution >= 0.6 is 0 Å². The van der Waals surface area contributed by atoms with Gasteiger partial charge >= 0.3 is 0 Å². The van der Waals surface area contributed by atoms with Gasteiger partial charge in [-0.05, 0) is 31.2 Å². The van der Waals surface area contributed by atoms with Gasteiger partial charge in [-0.15, -0.1) is 0 Å². The van der Waals surface area contributed by atoms with Crippen LogP contribution in [0.25, 0.3) is 0 Å². The van der Waals surface area contributed by atoms with E-state index in [0.29, 0.717) is 0 Å². The van der Waals surface area contributed by atoms with Crippen molar-refractivity contribution in [2.45, 2.75) is 52.1 Å². The van der Waals surface area contributed by atoms with E-state index in [1.807, 2.05) is 0 Å². The van der Waals surface area contributed by atoms with Crippen LogP contribution in [0.2, 0.25) is 0 Å². The number of likely N-dealkylation sites (N-methyl/N-ethyl adjacent to an activating group) is 1. The molecule has 88 valence electrons. The molecular weight excluding hydrogens is 184 g/mol. The topological polar surface area (TPSA) is 15.3 Å². The Morgan fingerprint density at radius 1 is 1.13 bits per heavy atom. The minimum absolute atomic E-state index is 0.822. The third kappa shape index (κ3) is 2.21. The lowest BCUT2D eigenvalue weighted by atomic mass is 9.77. The van der Waals surface area contributed by atoms with Crippen LogP contribution < -0.4 is 5.32 Å². The highest BCUT2D eigenvalue weighted by molar-refractivity contribution is 4.93. The number of hydrogen-bond acceptors (Lipinski definition) is 2. The maximum Gasteiger partial charge on any atom is 0.0348 e. The Hall–Kier alpha value is -0.0800. The molecule has 0 aromatic carbocycles. The monoisotopic (exact) mass is 210 g/mol. The smallest absolute Gasteiger partial charge is 0.0348 e. The maximum absolute atomic E-state index is 3.40. The quantitative estimate of drug-likeness (QED) is 0.767. The molecule has 1 saturated heterocycles. The minimum atomic E-state index is 0.822. The standard InChI is InChI=1S/C13H26N2/c1-4-15(12-8-14-9-12)13-10(2)6-5-7-11(13)3/h10-14H,4-9H2,1-3H3. The maximum atomic E-state index is 3.40. The predicted octanol–water partition coefficient (Wildman–Crippen LogP) is 2.10. The average Bonchev–Trinajstić information content (AvgIpc) is 2.12. The number of hydrogen-bond donors (Lipinski definition) is 1. The highest BCUT2D eigenvalue weighted by atomic mass is 15.3. The Morgan fingerprint density at radius 3 is 2.13 bits per heavy atom. The van der Waals surface area contributed by atoms with Crippen LogP contribution in [-0.2, 0) is 0 Å². The molecule has 2 aliphatic rings. The second-order valence-electron chi connectivity index (χ2n) is 5.52. The van der Waals surface area contributed by atoms with Gasteiger partial charge in [-0.2, -0.15) is 0 Å². The van der Waals surface area contributed by atoms with Crippen LogP contribution in [0.1, 0.15) is 40.0 Å². The van der Waals surface area contributed by atoms with E-state index in [0.717, 1.165) is 23.9 Å². The summed E-state index contributed by atoms with van der Waals surface area (Å²) in [5.41, 5.74) is 0. The molecule has 2 unspecified atom stereocenters. The number of nitrogens with zero attached hydrogens (tertiary/aromatic N) is 1. The molecule has 2 atom stereocenters. The molecule has 0 aromatic heterocycles. The lowest BCUT2D eigenvalue weighted by molar-refractivity contribution is 0.0198. The van der Waals surface area contributed by atoms with E-state index in [-0.39, 0.29) is 0 Å². The summed E-state index contributed by atoms with van der Waals surface area (Å²) in [5.74, 6) is 1.79. The first kappa shape index (κ1) is 11.4. The van der Waals surface area contributed by atoms with E-state index in [4.69, 9.17) is 0 Å². The molecule has 0 bridgehead atoms. The van der Waals surface area contributed by atoms with Crippen LogP contribution in [0.15, 0.2) is 0 Å². The summed E-state index contributed by atoms with van der Waals surface area (Å²) in [6, 6.07) is 1.67. The van der Waals surface area contributed by atoms with Crippen molar-refractivity contribution in [2.75, 3.05) is 19.6 Å². The Bertz CT molecular complexity index is 191. The molecule has 0 amide bonds. The van der Waals surface area contributed by atoms with E-state index in [1.54, 1.807) is 0 Å². The zero-order valence-corrected chi connectivity index (χ0v) is 10.5. The summed E-state index contributed by atoms with van der Waals surface area (Å²) in [7, 11) is 0. The number of rotatable bonds is 3. The van der Waals surface area contributed by atoms with Crippen molar-refractivity contribution in [2.24, 2.45) is 11.8 Å². The summed E-state index contributed by atoms with van der Waals surface area (Å²) in [5, 5.41) is 3.40. The van der Waals surface area contributed by atoms with E-state index >= 15 is 0 Å². The van der Waals surface area contributed by atoms with Crippen molar-refractivity contribution in [1.82, 2.24) is 10.2 Å². The molecule has 1 aliphatic carbocycles. The first-order valence-corrected chi connectivity index (χ1v) is 6.70. The van der Waals surface area contributed by atoms with Gasteiger partial charge in [0, 0.05) is 25.2 Å². The molecule has 1 saturated carbocycles. The van der Waals surface area contributed by atoms with Gasteiger partial charge in [0.25, 0.3) is 0 Å². The van der Waals surface area contributed by atoms with Gasteiger partial charge in [0.05, 0.1) is 0 Å². The third-order valence-electron chi connectivity index (χ3n) is 4.46. The molecule has 1 aliphatic heterocycles. The highest BCUT2D eigenvalue weighted by Gasteiger charge is 2.36. The number of nitrogens with one attached hydrogen (secondary N) is 1. The van der Waals surface area contributed by atoms with Crippen LogP contribution in [0, 0.1) is 11.8 Å². The van der Waals surface area contributed by atoms with Crippen LogP contribution in [0.3, 0.4) is 0 Å². The summed E-state index contributed by atoms with van der Waals surface area (Å²) in [6.07, 6.45) is 4.32. The van der Waals surface area contributed by atoms with Gasteiger partial charge in [-0.3, -0.25) is 4.90 Å². The van der Waals surface area contributed by atoms with Crippen molar-refractivity contribution < 1.29 is 0 Å². The lowest BCUT2D eigenvalue weighted by Gasteiger charge is -2.48. The van der Waals surface area contributed by atoms with Crippen molar-refractivity contribution in [1.29, 1.82) is 0 Å².